The molecular formula is C12H12BrNO6. The van der Waals surface area contributed by atoms with Crippen LogP contribution in [0.5, 0.6) is 0 Å². The van der Waals surface area contributed by atoms with Crippen LogP contribution in [0.15, 0.2) is 27.3 Å². The van der Waals surface area contributed by atoms with Gasteiger partial charge in [-0.15, -0.1) is 0 Å². The molecule has 8 heteroatoms. The largest absolute Gasteiger partial charge is 0.481 e. The lowest BCUT2D eigenvalue weighted by atomic mass is 10.1. The van der Waals surface area contributed by atoms with Crippen LogP contribution in [0.4, 0.5) is 0 Å². The molecule has 1 rings (SSSR count). The zero-order chi connectivity index (χ0) is 15.1. The lowest BCUT2D eigenvalue weighted by Crippen LogP contribution is -2.40. The average molecular weight is 346 g/mol. The summed E-state index contributed by atoms with van der Waals surface area (Å²) in [6, 6.07) is 2.02. The molecule has 0 aromatic carbocycles. The molecule has 1 heterocycles. The molecule has 0 aliphatic heterocycles. The van der Waals surface area contributed by atoms with Gasteiger partial charge in [0.15, 0.2) is 4.67 Å². The maximum absolute atomic E-state index is 11.5. The van der Waals surface area contributed by atoms with Crippen LogP contribution in [0.2, 0.25) is 0 Å². The van der Waals surface area contributed by atoms with E-state index in [2.05, 4.69) is 21.2 Å². The summed E-state index contributed by atoms with van der Waals surface area (Å²) in [5.74, 6) is -2.63. The molecule has 0 aliphatic carbocycles. The minimum Gasteiger partial charge on any atom is -0.481 e. The standard InChI is InChI=1S/C12H12BrNO6/c13-9-4-1-7(20-9)2-5-10(15)14-8(12(18)19)3-6-11(16)17/h1-2,4-5,8H,3,6H2,(H,14,15)(H,16,17)(H,18,19)/b5-2+/t8-/m0/s1. The van der Waals surface area contributed by atoms with Gasteiger partial charge in [0, 0.05) is 12.5 Å². The second-order valence-electron chi connectivity index (χ2n) is 3.81. The Hall–Kier alpha value is -2.09. The average Bonchev–Trinajstić information content (AvgIpc) is 2.77. The van der Waals surface area contributed by atoms with E-state index in [9.17, 15) is 14.4 Å². The highest BCUT2D eigenvalue weighted by molar-refractivity contribution is 9.10. The summed E-state index contributed by atoms with van der Waals surface area (Å²) in [7, 11) is 0. The predicted octanol–water partition coefficient (Wildman–Crippen LogP) is 1.49. The summed E-state index contributed by atoms with van der Waals surface area (Å²) in [4.78, 5) is 32.8. The van der Waals surface area contributed by atoms with E-state index in [4.69, 9.17) is 14.6 Å². The number of nitrogens with one attached hydrogen (secondary N) is 1. The van der Waals surface area contributed by atoms with Crippen molar-refractivity contribution < 1.29 is 29.0 Å². The van der Waals surface area contributed by atoms with Gasteiger partial charge < -0.3 is 19.9 Å². The predicted molar refractivity (Wildman–Crippen MR) is 71.9 cm³/mol. The molecule has 0 saturated carbocycles. The highest BCUT2D eigenvalue weighted by atomic mass is 79.9. The molecule has 1 amide bonds. The van der Waals surface area contributed by atoms with E-state index >= 15 is 0 Å². The normalized spacial score (nSPS) is 12.2. The van der Waals surface area contributed by atoms with Gasteiger partial charge in [-0.1, -0.05) is 0 Å². The summed E-state index contributed by atoms with van der Waals surface area (Å²) in [6.07, 6.45) is 1.96. The summed E-state index contributed by atoms with van der Waals surface area (Å²) >= 11 is 3.10. The number of carbonyl (C=O) groups is 3. The molecule has 20 heavy (non-hydrogen) atoms. The molecule has 1 aromatic rings. The first-order chi connectivity index (χ1) is 9.38. The first kappa shape index (κ1) is 16.0. The van der Waals surface area contributed by atoms with Gasteiger partial charge in [0.05, 0.1) is 0 Å². The van der Waals surface area contributed by atoms with Crippen LogP contribution in [0, 0.1) is 0 Å². The highest BCUT2D eigenvalue weighted by Gasteiger charge is 2.19. The van der Waals surface area contributed by atoms with Crippen LogP contribution in [-0.2, 0) is 14.4 Å². The number of aliphatic carboxylic acids is 2. The fraction of sp³-hybridized carbons (Fsp3) is 0.250. The van der Waals surface area contributed by atoms with Gasteiger partial charge in [0.1, 0.15) is 11.8 Å². The second-order valence-corrected chi connectivity index (χ2v) is 4.59. The summed E-state index contributed by atoms with van der Waals surface area (Å²) < 4.78 is 5.62. The molecule has 7 nitrogen and oxygen atoms in total. The highest BCUT2D eigenvalue weighted by Crippen LogP contribution is 2.14. The van der Waals surface area contributed by atoms with Crippen LogP contribution in [0.25, 0.3) is 6.08 Å². The van der Waals surface area contributed by atoms with E-state index in [1.54, 1.807) is 12.1 Å². The van der Waals surface area contributed by atoms with Gasteiger partial charge in [-0.05, 0) is 40.6 Å². The van der Waals surface area contributed by atoms with Crippen LogP contribution in [0.3, 0.4) is 0 Å². The first-order valence-corrected chi connectivity index (χ1v) is 6.36. The molecule has 108 valence electrons. The van der Waals surface area contributed by atoms with Crippen LogP contribution in [-0.4, -0.2) is 34.1 Å². The third-order valence-electron chi connectivity index (χ3n) is 2.25. The van der Waals surface area contributed by atoms with E-state index in [1.165, 1.54) is 6.08 Å². The Morgan fingerprint density at radius 2 is 2.05 bits per heavy atom. The number of carboxylic acid groups (broad SMARTS) is 2. The first-order valence-electron chi connectivity index (χ1n) is 5.57. The number of carbonyl (C=O) groups excluding carboxylic acids is 1. The topological polar surface area (TPSA) is 117 Å². The van der Waals surface area contributed by atoms with E-state index in [1.807, 2.05) is 0 Å². The molecule has 0 fully saturated rings. The number of hydrogen-bond acceptors (Lipinski definition) is 4. The summed E-state index contributed by atoms with van der Waals surface area (Å²) in [6.45, 7) is 0. The Balaban J connectivity index is 2.55. The number of halogens is 1. The van der Waals surface area contributed by atoms with Crippen LogP contribution in [0.1, 0.15) is 18.6 Å². The number of carboxylic acids is 2. The van der Waals surface area contributed by atoms with Crippen molar-refractivity contribution in [2.75, 3.05) is 0 Å². The Bertz CT molecular complexity index is 536. The minimum absolute atomic E-state index is 0.184. The Morgan fingerprint density at radius 1 is 1.35 bits per heavy atom. The Labute approximate surface area is 122 Å². The fourth-order valence-corrected chi connectivity index (χ4v) is 1.64. The molecule has 0 aliphatic rings. The van der Waals surface area contributed by atoms with Crippen molar-refractivity contribution >= 4 is 39.9 Å². The van der Waals surface area contributed by atoms with Crippen molar-refractivity contribution in [3.63, 3.8) is 0 Å². The Morgan fingerprint density at radius 3 is 2.55 bits per heavy atom. The quantitative estimate of drug-likeness (QED) is 0.644. The molecule has 0 unspecified atom stereocenters. The molecule has 0 spiro atoms. The number of hydrogen-bond donors (Lipinski definition) is 3. The van der Waals surface area contributed by atoms with Gasteiger partial charge in [0.2, 0.25) is 5.91 Å². The van der Waals surface area contributed by atoms with Gasteiger partial charge >= 0.3 is 11.9 Å². The third kappa shape index (κ3) is 5.70. The van der Waals surface area contributed by atoms with Crippen molar-refractivity contribution in [3.8, 4) is 0 Å². The van der Waals surface area contributed by atoms with E-state index in [-0.39, 0.29) is 12.8 Å². The molecule has 0 bridgehead atoms. The monoisotopic (exact) mass is 345 g/mol. The van der Waals surface area contributed by atoms with Gasteiger partial charge in [-0.3, -0.25) is 9.59 Å². The van der Waals surface area contributed by atoms with Crippen molar-refractivity contribution in [1.29, 1.82) is 0 Å². The summed E-state index contributed by atoms with van der Waals surface area (Å²) in [5, 5.41) is 19.6. The van der Waals surface area contributed by atoms with Crippen molar-refractivity contribution in [3.05, 3.63) is 28.6 Å². The maximum Gasteiger partial charge on any atom is 0.326 e. The zero-order valence-electron chi connectivity index (χ0n) is 10.2. The molecule has 1 aromatic heterocycles. The lowest BCUT2D eigenvalue weighted by molar-refractivity contribution is -0.142. The summed E-state index contributed by atoms with van der Waals surface area (Å²) in [5.41, 5.74) is 0. The lowest BCUT2D eigenvalue weighted by Gasteiger charge is -2.11. The van der Waals surface area contributed by atoms with E-state index < -0.39 is 23.9 Å². The minimum atomic E-state index is -1.28. The van der Waals surface area contributed by atoms with E-state index in [0.29, 0.717) is 10.4 Å². The molecule has 0 saturated heterocycles. The smallest absolute Gasteiger partial charge is 0.326 e. The molecule has 0 radical (unpaired) electrons. The van der Waals surface area contributed by atoms with Crippen molar-refractivity contribution in [1.82, 2.24) is 5.32 Å². The van der Waals surface area contributed by atoms with Crippen molar-refractivity contribution in [2.24, 2.45) is 0 Å². The van der Waals surface area contributed by atoms with Gasteiger partial charge in [-0.2, -0.15) is 0 Å². The fourth-order valence-electron chi connectivity index (χ4n) is 1.32. The van der Waals surface area contributed by atoms with Crippen LogP contribution < -0.4 is 5.32 Å². The second kappa shape index (κ2) is 7.49. The molecule has 3 N–H and O–H groups in total. The number of amides is 1. The Kier molecular flexibility index (Phi) is 5.98. The van der Waals surface area contributed by atoms with Gasteiger partial charge in [0.25, 0.3) is 0 Å². The van der Waals surface area contributed by atoms with E-state index in [0.717, 1.165) is 6.08 Å². The van der Waals surface area contributed by atoms with Crippen LogP contribution >= 0.6 is 15.9 Å². The van der Waals surface area contributed by atoms with Gasteiger partial charge in [-0.25, -0.2) is 4.79 Å². The van der Waals surface area contributed by atoms with Crippen molar-refractivity contribution in [2.45, 2.75) is 18.9 Å². The molecular weight excluding hydrogens is 334 g/mol. The number of rotatable bonds is 7. The third-order valence-corrected chi connectivity index (χ3v) is 2.68. The maximum atomic E-state index is 11.5. The zero-order valence-corrected chi connectivity index (χ0v) is 11.8. The number of furan rings is 1. The SMILES string of the molecule is O=C(O)CC[C@H](NC(=O)/C=C/c1ccc(Br)o1)C(=O)O. The molecule has 1 atom stereocenters.